The summed E-state index contributed by atoms with van der Waals surface area (Å²) in [7, 11) is 0. The zero-order chi connectivity index (χ0) is 12.4. The van der Waals surface area contributed by atoms with Gasteiger partial charge in [-0.3, -0.25) is 4.79 Å². The molecule has 1 unspecified atom stereocenters. The smallest absolute Gasteiger partial charge is 0.267 e. The molecule has 0 bridgehead atoms. The van der Waals surface area contributed by atoms with Gasteiger partial charge in [0.15, 0.2) is 0 Å². The highest BCUT2D eigenvalue weighted by Gasteiger charge is 2.26. The molecule has 6 heteroatoms. The van der Waals surface area contributed by atoms with Crippen LogP contribution >= 0.6 is 11.5 Å². The lowest BCUT2D eigenvalue weighted by Gasteiger charge is -2.30. The highest BCUT2D eigenvalue weighted by molar-refractivity contribution is 7.08. The number of nitrogens with two attached hydrogens (primary N) is 1. The average Bonchev–Trinajstić information content (AvgIpc) is 2.77. The average molecular weight is 254 g/mol. The fraction of sp³-hybridized carbons (Fsp3) is 0.727. The molecule has 0 aliphatic carbocycles. The van der Waals surface area contributed by atoms with E-state index in [4.69, 9.17) is 5.73 Å². The van der Waals surface area contributed by atoms with Crippen LogP contribution in [0.15, 0.2) is 0 Å². The lowest BCUT2D eigenvalue weighted by atomic mass is 10.1. The second-order valence-electron chi connectivity index (χ2n) is 4.80. The maximum absolute atomic E-state index is 12.3. The molecule has 1 amide bonds. The van der Waals surface area contributed by atoms with E-state index in [0.29, 0.717) is 11.4 Å². The number of hydrogen-bond acceptors (Lipinski definition) is 5. The zero-order valence-corrected chi connectivity index (χ0v) is 11.0. The van der Waals surface area contributed by atoms with E-state index in [1.54, 1.807) is 0 Å². The van der Waals surface area contributed by atoms with Crippen LogP contribution in [0.3, 0.4) is 0 Å². The van der Waals surface area contributed by atoms with E-state index in [0.717, 1.165) is 25.1 Å². The van der Waals surface area contributed by atoms with Crippen molar-refractivity contribution in [3.05, 3.63) is 10.6 Å². The van der Waals surface area contributed by atoms with Gasteiger partial charge < -0.3 is 10.6 Å². The van der Waals surface area contributed by atoms with Crippen molar-refractivity contribution in [2.45, 2.75) is 38.6 Å². The summed E-state index contributed by atoms with van der Waals surface area (Å²) in [6, 6.07) is 0.107. The van der Waals surface area contributed by atoms with Gasteiger partial charge in [0, 0.05) is 19.1 Å². The number of likely N-dealkylation sites (tertiary alicyclic amines) is 1. The zero-order valence-electron chi connectivity index (χ0n) is 10.2. The molecule has 5 nitrogen and oxygen atoms in total. The summed E-state index contributed by atoms with van der Waals surface area (Å²) < 4.78 is 3.89. The van der Waals surface area contributed by atoms with Gasteiger partial charge in [-0.2, -0.15) is 0 Å². The molecule has 2 rings (SSSR count). The Morgan fingerprint density at radius 3 is 3.00 bits per heavy atom. The van der Waals surface area contributed by atoms with Crippen molar-refractivity contribution in [2.75, 3.05) is 13.1 Å². The highest BCUT2D eigenvalue weighted by Crippen LogP contribution is 2.22. The van der Waals surface area contributed by atoms with Gasteiger partial charge in [-0.25, -0.2) is 0 Å². The fourth-order valence-electron chi connectivity index (χ4n) is 2.06. The van der Waals surface area contributed by atoms with Crippen molar-refractivity contribution in [1.82, 2.24) is 14.5 Å². The quantitative estimate of drug-likeness (QED) is 0.861. The summed E-state index contributed by atoms with van der Waals surface area (Å²) in [5.41, 5.74) is 6.70. The minimum atomic E-state index is 0.0406. The summed E-state index contributed by atoms with van der Waals surface area (Å²) in [6.07, 6.45) is 1.98. The fourth-order valence-corrected chi connectivity index (χ4v) is 2.85. The molecule has 1 aromatic heterocycles. The third-order valence-corrected chi connectivity index (χ3v) is 3.73. The molecule has 2 N–H and O–H groups in total. The van der Waals surface area contributed by atoms with E-state index in [2.05, 4.69) is 9.59 Å². The van der Waals surface area contributed by atoms with Gasteiger partial charge in [0.25, 0.3) is 5.91 Å². The van der Waals surface area contributed by atoms with Crippen LogP contribution in [-0.4, -0.2) is 39.5 Å². The van der Waals surface area contributed by atoms with Crippen LogP contribution in [0.5, 0.6) is 0 Å². The molecule has 94 valence electrons. The van der Waals surface area contributed by atoms with Gasteiger partial charge in [0.2, 0.25) is 0 Å². The van der Waals surface area contributed by atoms with Gasteiger partial charge in [0.05, 0.1) is 5.69 Å². The van der Waals surface area contributed by atoms with Gasteiger partial charge in [-0.15, -0.1) is 5.10 Å². The maximum atomic E-state index is 12.3. The lowest BCUT2D eigenvalue weighted by molar-refractivity contribution is 0.0712. The lowest BCUT2D eigenvalue weighted by Crippen LogP contribution is -2.45. The first-order chi connectivity index (χ1) is 8.09. The number of aromatic nitrogens is 2. The Kier molecular flexibility index (Phi) is 3.73. The van der Waals surface area contributed by atoms with Crippen LogP contribution in [-0.2, 0) is 0 Å². The maximum Gasteiger partial charge on any atom is 0.267 e. The Labute approximate surface area is 105 Å². The van der Waals surface area contributed by atoms with Gasteiger partial charge in [0.1, 0.15) is 4.88 Å². The number of nitrogens with zero attached hydrogens (tertiary/aromatic N) is 3. The third kappa shape index (κ3) is 2.63. The van der Waals surface area contributed by atoms with E-state index in [-0.39, 0.29) is 17.9 Å². The van der Waals surface area contributed by atoms with Gasteiger partial charge >= 0.3 is 0 Å². The van der Waals surface area contributed by atoms with Crippen molar-refractivity contribution in [2.24, 2.45) is 5.73 Å². The SMILES string of the molecule is CC(C)c1nnsc1C(=O)N1CCCC(N)C1. The Morgan fingerprint density at radius 2 is 2.35 bits per heavy atom. The molecule has 0 aromatic carbocycles. The van der Waals surface area contributed by atoms with Crippen LogP contribution in [0.25, 0.3) is 0 Å². The van der Waals surface area contributed by atoms with Crippen LogP contribution in [0.1, 0.15) is 48.0 Å². The topological polar surface area (TPSA) is 72.1 Å². The molecule has 0 saturated carbocycles. The standard InChI is InChI=1S/C11H18N4OS/c1-7(2)9-10(17-14-13-9)11(16)15-5-3-4-8(12)6-15/h7-8H,3-6,12H2,1-2H3. The van der Waals surface area contributed by atoms with Crippen molar-refractivity contribution < 1.29 is 4.79 Å². The predicted molar refractivity (Wildman–Crippen MR) is 67.1 cm³/mol. The summed E-state index contributed by atoms with van der Waals surface area (Å²) in [5, 5.41) is 4.04. The Hall–Kier alpha value is -1.01. The Balaban J connectivity index is 2.16. The third-order valence-electron chi connectivity index (χ3n) is 3.00. The molecule has 1 aliphatic rings. The molecule has 0 spiro atoms. The van der Waals surface area contributed by atoms with E-state index >= 15 is 0 Å². The van der Waals surface area contributed by atoms with Crippen molar-refractivity contribution in [3.63, 3.8) is 0 Å². The van der Waals surface area contributed by atoms with Gasteiger partial charge in [-0.05, 0) is 30.3 Å². The summed E-state index contributed by atoms with van der Waals surface area (Å²) >= 11 is 1.19. The van der Waals surface area contributed by atoms with Crippen molar-refractivity contribution >= 4 is 17.4 Å². The molecular formula is C11H18N4OS. The number of piperidine rings is 1. The first-order valence-electron chi connectivity index (χ1n) is 5.96. The van der Waals surface area contributed by atoms with Gasteiger partial charge in [-0.1, -0.05) is 18.3 Å². The van der Waals surface area contributed by atoms with Crippen molar-refractivity contribution in [1.29, 1.82) is 0 Å². The normalized spacial score (nSPS) is 20.9. The number of rotatable bonds is 2. The Morgan fingerprint density at radius 1 is 1.59 bits per heavy atom. The summed E-state index contributed by atoms with van der Waals surface area (Å²) in [5.74, 6) is 0.269. The Bertz CT molecular complexity index is 404. The molecule has 1 aliphatic heterocycles. The van der Waals surface area contributed by atoms with E-state index in [1.807, 2.05) is 18.7 Å². The molecule has 1 saturated heterocycles. The highest BCUT2D eigenvalue weighted by atomic mass is 32.1. The van der Waals surface area contributed by atoms with Crippen molar-refractivity contribution in [3.8, 4) is 0 Å². The molecule has 0 radical (unpaired) electrons. The van der Waals surface area contributed by atoms with Crippen LogP contribution < -0.4 is 5.73 Å². The molecule has 1 fully saturated rings. The second kappa shape index (κ2) is 5.10. The largest absolute Gasteiger partial charge is 0.336 e. The van der Waals surface area contributed by atoms with E-state index in [9.17, 15) is 4.79 Å². The number of hydrogen-bond donors (Lipinski definition) is 1. The number of amides is 1. The molecule has 2 heterocycles. The monoisotopic (exact) mass is 254 g/mol. The predicted octanol–water partition coefficient (Wildman–Crippen LogP) is 1.22. The molecular weight excluding hydrogens is 236 g/mol. The molecule has 1 aromatic rings. The summed E-state index contributed by atoms with van der Waals surface area (Å²) in [6.45, 7) is 5.49. The molecule has 1 atom stereocenters. The van der Waals surface area contributed by atoms with Crippen LogP contribution in [0.4, 0.5) is 0 Å². The second-order valence-corrected chi connectivity index (χ2v) is 5.55. The number of carbonyl (C=O) groups excluding carboxylic acids is 1. The van der Waals surface area contributed by atoms with Crippen LogP contribution in [0, 0.1) is 0 Å². The van der Waals surface area contributed by atoms with E-state index < -0.39 is 0 Å². The number of carbonyl (C=O) groups is 1. The minimum Gasteiger partial charge on any atom is -0.336 e. The minimum absolute atomic E-state index is 0.0406. The van der Waals surface area contributed by atoms with Crippen LogP contribution in [0.2, 0.25) is 0 Å². The van der Waals surface area contributed by atoms with E-state index in [1.165, 1.54) is 11.5 Å². The summed E-state index contributed by atoms with van der Waals surface area (Å²) in [4.78, 5) is 14.8. The molecule has 17 heavy (non-hydrogen) atoms. The first-order valence-corrected chi connectivity index (χ1v) is 6.74. The first kappa shape index (κ1) is 12.4.